The van der Waals surface area contributed by atoms with Gasteiger partial charge in [0.2, 0.25) is 0 Å². The van der Waals surface area contributed by atoms with Crippen molar-refractivity contribution < 1.29 is 4.39 Å². The van der Waals surface area contributed by atoms with Crippen molar-refractivity contribution in [1.29, 1.82) is 0 Å². The van der Waals surface area contributed by atoms with Crippen molar-refractivity contribution in [2.24, 2.45) is 0 Å². The highest BCUT2D eigenvalue weighted by atomic mass is 19.1. The molecule has 0 fully saturated rings. The van der Waals surface area contributed by atoms with Crippen LogP contribution >= 0.6 is 0 Å². The molecule has 0 aliphatic carbocycles. The minimum absolute atomic E-state index is 0.227. The number of pyridine rings is 1. The van der Waals surface area contributed by atoms with Crippen molar-refractivity contribution in [3.05, 3.63) is 72.2 Å². The molecule has 0 saturated heterocycles. The summed E-state index contributed by atoms with van der Waals surface area (Å²) < 4.78 is 13.3. The van der Waals surface area contributed by atoms with Crippen LogP contribution < -0.4 is 5.46 Å². The molecule has 3 aromatic rings. The molecule has 0 spiro atoms. The van der Waals surface area contributed by atoms with Crippen LogP contribution in [0.5, 0.6) is 0 Å². The molecular weight excluding hydrogens is 260 g/mol. The van der Waals surface area contributed by atoms with Crippen molar-refractivity contribution >= 4 is 13.3 Å². The third-order valence-electron chi connectivity index (χ3n) is 3.59. The average molecular weight is 275 g/mol. The molecule has 3 heteroatoms. The van der Waals surface area contributed by atoms with E-state index in [9.17, 15) is 4.39 Å². The molecule has 102 valence electrons. The Balaban J connectivity index is 2.02. The lowest BCUT2D eigenvalue weighted by Gasteiger charge is -2.09. The maximum atomic E-state index is 13.3. The minimum Gasteiger partial charge on any atom is -0.256 e. The van der Waals surface area contributed by atoms with Crippen molar-refractivity contribution in [3.8, 4) is 22.4 Å². The lowest BCUT2D eigenvalue weighted by molar-refractivity contribution is 0.628. The fourth-order valence-electron chi connectivity index (χ4n) is 2.40. The Morgan fingerprint density at radius 1 is 0.952 bits per heavy atom. The molecule has 1 nitrogen and oxygen atoms in total. The van der Waals surface area contributed by atoms with Gasteiger partial charge in [-0.2, -0.15) is 0 Å². The molecule has 0 saturated carbocycles. The lowest BCUT2D eigenvalue weighted by Crippen LogP contribution is -1.99. The topological polar surface area (TPSA) is 12.9 Å². The van der Waals surface area contributed by atoms with E-state index in [1.54, 1.807) is 6.07 Å². The monoisotopic (exact) mass is 275 g/mol. The molecule has 1 aromatic heterocycles. The molecule has 0 aliphatic heterocycles. The van der Waals surface area contributed by atoms with Crippen molar-refractivity contribution in [2.45, 2.75) is 6.92 Å². The SMILES string of the molecule is Bc1ccc(-c2cc(C)c(-c3cccc(F)c3)cn2)cc1. The molecule has 3 rings (SSSR count). The van der Waals surface area contributed by atoms with Gasteiger partial charge in [0.15, 0.2) is 0 Å². The Labute approximate surface area is 124 Å². The normalized spacial score (nSPS) is 10.6. The molecular formula is C18H15BFN. The largest absolute Gasteiger partial charge is 0.256 e. The van der Waals surface area contributed by atoms with E-state index in [2.05, 4.69) is 37.1 Å². The third-order valence-corrected chi connectivity index (χ3v) is 3.59. The number of hydrogen-bond donors (Lipinski definition) is 0. The van der Waals surface area contributed by atoms with Crippen LogP contribution in [0.15, 0.2) is 60.8 Å². The van der Waals surface area contributed by atoms with Crippen LogP contribution in [0.2, 0.25) is 0 Å². The summed E-state index contributed by atoms with van der Waals surface area (Å²) in [6, 6.07) is 16.9. The summed E-state index contributed by atoms with van der Waals surface area (Å²) >= 11 is 0. The number of halogens is 1. The molecule has 1 heterocycles. The van der Waals surface area contributed by atoms with Crippen LogP contribution in [0.4, 0.5) is 4.39 Å². The molecule has 0 amide bonds. The van der Waals surface area contributed by atoms with Gasteiger partial charge < -0.3 is 0 Å². The molecule has 0 unspecified atom stereocenters. The van der Waals surface area contributed by atoms with Crippen LogP contribution in [0.3, 0.4) is 0 Å². The standard InChI is InChI=1S/C18H15BFN/c1-12-9-18(13-5-7-15(19)8-6-13)21-11-17(12)14-3-2-4-16(20)10-14/h2-11H,19H2,1H3. The van der Waals surface area contributed by atoms with Gasteiger partial charge >= 0.3 is 0 Å². The minimum atomic E-state index is -0.227. The summed E-state index contributed by atoms with van der Waals surface area (Å²) in [7, 11) is 2.06. The molecule has 0 atom stereocenters. The van der Waals surface area contributed by atoms with Gasteiger partial charge in [0.05, 0.1) is 5.69 Å². The maximum absolute atomic E-state index is 13.3. The van der Waals surface area contributed by atoms with E-state index in [1.807, 2.05) is 25.3 Å². The fourth-order valence-corrected chi connectivity index (χ4v) is 2.40. The van der Waals surface area contributed by atoms with E-state index in [0.717, 1.165) is 27.9 Å². The summed E-state index contributed by atoms with van der Waals surface area (Å²) in [5.74, 6) is -0.227. The molecule has 0 N–H and O–H groups in total. The Morgan fingerprint density at radius 2 is 1.71 bits per heavy atom. The molecule has 0 radical (unpaired) electrons. The van der Waals surface area contributed by atoms with Gasteiger partial charge in [-0.05, 0) is 36.2 Å². The first-order valence-corrected chi connectivity index (χ1v) is 6.93. The van der Waals surface area contributed by atoms with E-state index in [4.69, 9.17) is 0 Å². The zero-order valence-electron chi connectivity index (χ0n) is 12.1. The smallest absolute Gasteiger partial charge is 0.139 e. The van der Waals surface area contributed by atoms with Crippen LogP contribution in [0.25, 0.3) is 22.4 Å². The fraction of sp³-hybridized carbons (Fsp3) is 0.0556. The number of aryl methyl sites for hydroxylation is 1. The first-order valence-electron chi connectivity index (χ1n) is 6.93. The second-order valence-corrected chi connectivity index (χ2v) is 5.26. The van der Waals surface area contributed by atoms with Gasteiger partial charge in [-0.15, -0.1) is 0 Å². The first-order chi connectivity index (χ1) is 10.1. The zero-order chi connectivity index (χ0) is 14.8. The average Bonchev–Trinajstić information content (AvgIpc) is 2.48. The molecule has 21 heavy (non-hydrogen) atoms. The van der Waals surface area contributed by atoms with E-state index in [0.29, 0.717) is 0 Å². The van der Waals surface area contributed by atoms with Gasteiger partial charge in [-0.25, -0.2) is 4.39 Å². The quantitative estimate of drug-likeness (QED) is 0.655. The number of aromatic nitrogens is 1. The highest BCUT2D eigenvalue weighted by Crippen LogP contribution is 2.26. The first kappa shape index (κ1) is 13.6. The van der Waals surface area contributed by atoms with Gasteiger partial charge in [0, 0.05) is 17.3 Å². The predicted molar refractivity (Wildman–Crippen MR) is 88.0 cm³/mol. The number of nitrogens with zero attached hydrogens (tertiary/aromatic N) is 1. The van der Waals surface area contributed by atoms with E-state index < -0.39 is 0 Å². The summed E-state index contributed by atoms with van der Waals surface area (Å²) in [6.07, 6.45) is 1.82. The Morgan fingerprint density at radius 3 is 2.38 bits per heavy atom. The zero-order valence-corrected chi connectivity index (χ0v) is 12.1. The summed E-state index contributed by atoms with van der Waals surface area (Å²) in [5, 5.41) is 0. The lowest BCUT2D eigenvalue weighted by atomic mass is 9.94. The Hall–Kier alpha value is -2.42. The van der Waals surface area contributed by atoms with E-state index >= 15 is 0 Å². The van der Waals surface area contributed by atoms with Crippen LogP contribution in [0.1, 0.15) is 5.56 Å². The van der Waals surface area contributed by atoms with Crippen molar-refractivity contribution in [2.75, 3.05) is 0 Å². The number of benzene rings is 2. The second-order valence-electron chi connectivity index (χ2n) is 5.26. The maximum Gasteiger partial charge on any atom is 0.139 e. The van der Waals surface area contributed by atoms with Gasteiger partial charge in [-0.3, -0.25) is 4.98 Å². The van der Waals surface area contributed by atoms with Gasteiger partial charge in [0.25, 0.3) is 0 Å². The van der Waals surface area contributed by atoms with E-state index in [-0.39, 0.29) is 5.82 Å². The van der Waals surface area contributed by atoms with Gasteiger partial charge in [-0.1, -0.05) is 41.9 Å². The number of rotatable bonds is 2. The molecule has 2 aromatic carbocycles. The Kier molecular flexibility index (Phi) is 3.57. The summed E-state index contributed by atoms with van der Waals surface area (Å²) in [6.45, 7) is 2.03. The summed E-state index contributed by atoms with van der Waals surface area (Å²) in [5.41, 5.74) is 6.17. The van der Waals surface area contributed by atoms with Crippen LogP contribution in [0, 0.1) is 12.7 Å². The highest BCUT2D eigenvalue weighted by Gasteiger charge is 2.06. The summed E-state index contributed by atoms with van der Waals surface area (Å²) in [4.78, 5) is 4.52. The second kappa shape index (κ2) is 5.53. The van der Waals surface area contributed by atoms with E-state index in [1.165, 1.54) is 17.6 Å². The van der Waals surface area contributed by atoms with Gasteiger partial charge in [0.1, 0.15) is 13.7 Å². The molecule has 0 bridgehead atoms. The van der Waals surface area contributed by atoms with Crippen molar-refractivity contribution in [3.63, 3.8) is 0 Å². The molecule has 0 aliphatic rings. The highest BCUT2D eigenvalue weighted by molar-refractivity contribution is 6.32. The van der Waals surface area contributed by atoms with Crippen LogP contribution in [-0.4, -0.2) is 12.8 Å². The predicted octanol–water partition coefficient (Wildman–Crippen LogP) is 3.12. The Bertz CT molecular complexity index is 781. The number of hydrogen-bond acceptors (Lipinski definition) is 1. The third kappa shape index (κ3) is 2.87. The van der Waals surface area contributed by atoms with Crippen LogP contribution in [-0.2, 0) is 0 Å². The van der Waals surface area contributed by atoms with Crippen molar-refractivity contribution in [1.82, 2.24) is 4.98 Å².